The van der Waals surface area contributed by atoms with E-state index in [1.165, 1.54) is 31.7 Å². The average molecular weight is 367 g/mol. The van der Waals surface area contributed by atoms with Crippen molar-refractivity contribution >= 4 is 46.0 Å². The largest absolute Gasteiger partial charge is 0.453 e. The van der Waals surface area contributed by atoms with Crippen LogP contribution in [-0.4, -0.2) is 47.2 Å². The van der Waals surface area contributed by atoms with Crippen LogP contribution in [0.4, 0.5) is 10.5 Å². The highest BCUT2D eigenvalue weighted by Crippen LogP contribution is 2.16. The molecule has 2 amide bonds. The first-order valence-corrected chi connectivity index (χ1v) is 9.10. The number of benzene rings is 1. The third kappa shape index (κ3) is 6.01. The van der Waals surface area contributed by atoms with Crippen molar-refractivity contribution in [2.24, 2.45) is 0 Å². The van der Waals surface area contributed by atoms with E-state index in [0.29, 0.717) is 18.0 Å². The lowest BCUT2D eigenvalue weighted by molar-refractivity contribution is -0.118. The topological polar surface area (TPSA) is 70.7 Å². The zero-order chi connectivity index (χ0) is 17.4. The molecule has 0 atom stereocenters. The summed E-state index contributed by atoms with van der Waals surface area (Å²) in [7, 11) is 1.31. The number of hydrogen-bond acceptors (Lipinski definition) is 5. The molecule has 1 aromatic carbocycles. The molecule has 0 radical (unpaired) electrons. The van der Waals surface area contributed by atoms with E-state index < -0.39 is 6.09 Å². The number of nitrogens with one attached hydrogen (secondary N) is 2. The molecule has 130 valence electrons. The van der Waals surface area contributed by atoms with Gasteiger partial charge in [-0.2, -0.15) is 0 Å². The molecular formula is C16H21N3O3S2. The van der Waals surface area contributed by atoms with Crippen LogP contribution in [0, 0.1) is 0 Å². The molecule has 1 heterocycles. The molecule has 1 aliphatic rings. The first-order valence-electron chi connectivity index (χ1n) is 7.71. The van der Waals surface area contributed by atoms with E-state index in [-0.39, 0.29) is 5.91 Å². The van der Waals surface area contributed by atoms with Crippen molar-refractivity contribution in [3.8, 4) is 0 Å². The summed E-state index contributed by atoms with van der Waals surface area (Å²) in [5.74, 6) is 0.287. The average Bonchev–Trinajstić information content (AvgIpc) is 3.13. The second-order valence-electron chi connectivity index (χ2n) is 5.34. The van der Waals surface area contributed by atoms with Crippen molar-refractivity contribution in [1.29, 1.82) is 0 Å². The maximum Gasteiger partial charge on any atom is 0.411 e. The van der Waals surface area contributed by atoms with Crippen LogP contribution < -0.4 is 10.6 Å². The Bertz CT molecular complexity index is 587. The van der Waals surface area contributed by atoms with Gasteiger partial charge in [-0.05, 0) is 30.5 Å². The highest BCUT2D eigenvalue weighted by atomic mass is 32.2. The molecule has 0 unspecified atom stereocenters. The number of thioether (sulfide) groups is 1. The van der Waals surface area contributed by atoms with Gasteiger partial charge in [0.2, 0.25) is 5.91 Å². The zero-order valence-corrected chi connectivity index (χ0v) is 15.2. The molecule has 24 heavy (non-hydrogen) atoms. The van der Waals surface area contributed by atoms with Gasteiger partial charge < -0.3 is 15.0 Å². The van der Waals surface area contributed by atoms with Crippen LogP contribution >= 0.6 is 24.0 Å². The predicted molar refractivity (Wildman–Crippen MR) is 100 cm³/mol. The van der Waals surface area contributed by atoms with Crippen LogP contribution in [0.15, 0.2) is 24.3 Å². The van der Waals surface area contributed by atoms with E-state index in [1.807, 2.05) is 12.1 Å². The van der Waals surface area contributed by atoms with Gasteiger partial charge in [0.1, 0.15) is 4.32 Å². The van der Waals surface area contributed by atoms with Crippen LogP contribution in [0.5, 0.6) is 0 Å². The molecule has 1 aromatic rings. The summed E-state index contributed by atoms with van der Waals surface area (Å²) in [5.41, 5.74) is 1.59. The van der Waals surface area contributed by atoms with Crippen molar-refractivity contribution in [1.82, 2.24) is 10.2 Å². The number of rotatable bonds is 5. The van der Waals surface area contributed by atoms with Gasteiger partial charge in [-0.1, -0.05) is 36.1 Å². The Kier molecular flexibility index (Phi) is 7.33. The molecule has 8 heteroatoms. The lowest BCUT2D eigenvalue weighted by atomic mass is 10.2. The summed E-state index contributed by atoms with van der Waals surface area (Å²) in [6, 6.07) is 7.20. The quantitative estimate of drug-likeness (QED) is 0.780. The second-order valence-corrected chi connectivity index (χ2v) is 6.95. The molecule has 1 fully saturated rings. The Balaban J connectivity index is 1.69. The van der Waals surface area contributed by atoms with Gasteiger partial charge in [-0.3, -0.25) is 10.1 Å². The minimum absolute atomic E-state index is 0.0432. The van der Waals surface area contributed by atoms with Gasteiger partial charge in [-0.25, -0.2) is 4.79 Å². The van der Waals surface area contributed by atoms with Crippen molar-refractivity contribution in [2.75, 3.05) is 31.3 Å². The second kappa shape index (κ2) is 9.48. The summed E-state index contributed by atoms with van der Waals surface area (Å²) in [6.45, 7) is 2.44. The van der Waals surface area contributed by atoms with E-state index >= 15 is 0 Å². The van der Waals surface area contributed by atoms with Crippen molar-refractivity contribution < 1.29 is 14.3 Å². The van der Waals surface area contributed by atoms with Crippen LogP contribution in [0.25, 0.3) is 0 Å². The van der Waals surface area contributed by atoms with Crippen molar-refractivity contribution in [3.63, 3.8) is 0 Å². The monoisotopic (exact) mass is 367 g/mol. The van der Waals surface area contributed by atoms with Gasteiger partial charge in [0.05, 0.1) is 12.9 Å². The van der Waals surface area contributed by atoms with Crippen molar-refractivity contribution in [2.45, 2.75) is 19.4 Å². The van der Waals surface area contributed by atoms with E-state index in [4.69, 9.17) is 12.2 Å². The van der Waals surface area contributed by atoms with Crippen LogP contribution in [-0.2, 0) is 16.1 Å². The third-order valence-electron chi connectivity index (χ3n) is 3.57. The minimum atomic E-state index is -0.512. The highest BCUT2D eigenvalue weighted by molar-refractivity contribution is 8.23. The van der Waals surface area contributed by atoms with Crippen LogP contribution in [0.3, 0.4) is 0 Å². The number of anilines is 1. The Morgan fingerprint density at radius 3 is 2.54 bits per heavy atom. The number of hydrogen-bond donors (Lipinski definition) is 2. The lowest BCUT2D eigenvalue weighted by Crippen LogP contribution is -2.28. The van der Waals surface area contributed by atoms with E-state index in [2.05, 4.69) is 20.3 Å². The first kappa shape index (κ1) is 18.5. The summed E-state index contributed by atoms with van der Waals surface area (Å²) in [6.07, 6.45) is 1.84. The highest BCUT2D eigenvalue weighted by Gasteiger charge is 2.16. The molecule has 1 saturated heterocycles. The summed E-state index contributed by atoms with van der Waals surface area (Å²) >= 11 is 6.75. The van der Waals surface area contributed by atoms with E-state index in [1.54, 1.807) is 12.1 Å². The van der Waals surface area contributed by atoms with Gasteiger partial charge in [0, 0.05) is 25.3 Å². The van der Waals surface area contributed by atoms with Gasteiger partial charge >= 0.3 is 6.09 Å². The van der Waals surface area contributed by atoms with Crippen molar-refractivity contribution in [3.05, 3.63) is 29.8 Å². The molecular weight excluding hydrogens is 346 g/mol. The van der Waals surface area contributed by atoms with E-state index in [9.17, 15) is 9.59 Å². The molecule has 0 bridgehead atoms. The summed E-state index contributed by atoms with van der Waals surface area (Å²) in [4.78, 5) is 25.2. The Hall–Kier alpha value is -1.80. The van der Waals surface area contributed by atoms with E-state index in [0.717, 1.165) is 23.0 Å². The number of nitrogens with zero attached hydrogens (tertiary/aromatic N) is 1. The van der Waals surface area contributed by atoms with Crippen LogP contribution in [0.1, 0.15) is 18.4 Å². The molecule has 0 aromatic heterocycles. The number of thiocarbonyl (C=S) groups is 1. The molecule has 0 spiro atoms. The summed E-state index contributed by atoms with van der Waals surface area (Å²) < 4.78 is 5.33. The molecule has 0 aliphatic carbocycles. The fourth-order valence-corrected chi connectivity index (χ4v) is 3.33. The van der Waals surface area contributed by atoms with Gasteiger partial charge in [-0.15, -0.1) is 0 Å². The Morgan fingerprint density at radius 1 is 1.25 bits per heavy atom. The fourth-order valence-electron chi connectivity index (χ4n) is 2.24. The lowest BCUT2D eigenvalue weighted by Gasteiger charge is -2.17. The number of carbonyl (C=O) groups excluding carboxylic acids is 2. The predicted octanol–water partition coefficient (Wildman–Crippen LogP) is 2.60. The number of methoxy groups -OCH3 is 1. The molecule has 0 saturated carbocycles. The number of amides is 2. The fraction of sp³-hybridized carbons (Fsp3) is 0.438. The number of likely N-dealkylation sites (tertiary alicyclic amines) is 1. The van der Waals surface area contributed by atoms with Gasteiger partial charge in [0.25, 0.3) is 0 Å². The number of ether oxygens (including phenoxy) is 1. The summed E-state index contributed by atoms with van der Waals surface area (Å²) in [5, 5.41) is 5.44. The first-order chi connectivity index (χ1) is 11.6. The maximum absolute atomic E-state index is 11.9. The zero-order valence-electron chi connectivity index (χ0n) is 13.5. The smallest absolute Gasteiger partial charge is 0.411 e. The molecule has 6 nitrogen and oxygen atoms in total. The molecule has 1 aliphatic heterocycles. The number of carbonyl (C=O) groups is 2. The van der Waals surface area contributed by atoms with Crippen LogP contribution in [0.2, 0.25) is 0 Å². The Morgan fingerprint density at radius 2 is 1.92 bits per heavy atom. The van der Waals surface area contributed by atoms with Gasteiger partial charge in [0.15, 0.2) is 0 Å². The molecule has 2 rings (SSSR count). The molecule has 2 N–H and O–H groups in total. The normalized spacial score (nSPS) is 13.5. The Labute approximate surface area is 151 Å². The maximum atomic E-state index is 11.9. The third-order valence-corrected chi connectivity index (χ3v) is 5.09. The SMILES string of the molecule is COC(=O)Nc1ccc(CNC(=O)CSC(=S)N2CCCC2)cc1. The standard InChI is InChI=1S/C16H21N3O3S2/c1-22-15(21)18-13-6-4-12(5-7-13)10-17-14(20)11-24-16(23)19-8-2-3-9-19/h4-7H,2-3,8-11H2,1H3,(H,17,20)(H,18,21). The minimum Gasteiger partial charge on any atom is -0.453 e.